The fraction of sp³-hybridized carbons (Fsp3) is 0.579. The van der Waals surface area contributed by atoms with Gasteiger partial charge in [0.05, 0.1) is 0 Å². The SMILES string of the molecule is CCCNC(Cc1ccccc1F)/C1=C/CCCCCC1. The third-order valence-electron chi connectivity index (χ3n) is 4.30. The molecule has 2 rings (SSSR count). The van der Waals surface area contributed by atoms with Gasteiger partial charge in [0.1, 0.15) is 5.82 Å². The number of allylic oxidation sites excluding steroid dienone is 1. The van der Waals surface area contributed by atoms with Gasteiger partial charge in [0.15, 0.2) is 0 Å². The second kappa shape index (κ2) is 8.99. The van der Waals surface area contributed by atoms with Gasteiger partial charge in [0, 0.05) is 6.04 Å². The van der Waals surface area contributed by atoms with Gasteiger partial charge in [-0.15, -0.1) is 0 Å². The predicted octanol–water partition coefficient (Wildman–Crippen LogP) is 5.02. The summed E-state index contributed by atoms with van der Waals surface area (Å²) >= 11 is 0. The van der Waals surface area contributed by atoms with Gasteiger partial charge in [-0.25, -0.2) is 4.39 Å². The highest BCUT2D eigenvalue weighted by Gasteiger charge is 2.16. The van der Waals surface area contributed by atoms with Crippen molar-refractivity contribution in [2.24, 2.45) is 0 Å². The topological polar surface area (TPSA) is 12.0 Å². The van der Waals surface area contributed by atoms with Crippen molar-refractivity contribution in [2.75, 3.05) is 6.54 Å². The van der Waals surface area contributed by atoms with Crippen LogP contribution in [0.25, 0.3) is 0 Å². The summed E-state index contributed by atoms with van der Waals surface area (Å²) in [6.07, 6.45) is 11.9. The number of halogens is 1. The minimum Gasteiger partial charge on any atom is -0.310 e. The lowest BCUT2D eigenvalue weighted by atomic mass is 9.91. The smallest absolute Gasteiger partial charge is 0.126 e. The van der Waals surface area contributed by atoms with Crippen LogP contribution < -0.4 is 5.32 Å². The molecule has 1 unspecified atom stereocenters. The Hall–Kier alpha value is -1.15. The van der Waals surface area contributed by atoms with Crippen molar-refractivity contribution in [3.63, 3.8) is 0 Å². The maximum Gasteiger partial charge on any atom is 0.126 e. The van der Waals surface area contributed by atoms with Gasteiger partial charge in [-0.1, -0.05) is 49.6 Å². The Labute approximate surface area is 128 Å². The van der Waals surface area contributed by atoms with E-state index in [4.69, 9.17) is 0 Å². The Bertz CT molecular complexity index is 453. The Morgan fingerprint density at radius 2 is 1.95 bits per heavy atom. The van der Waals surface area contributed by atoms with Gasteiger partial charge in [-0.2, -0.15) is 0 Å². The summed E-state index contributed by atoms with van der Waals surface area (Å²) in [5.41, 5.74) is 2.32. The van der Waals surface area contributed by atoms with Crippen molar-refractivity contribution < 1.29 is 4.39 Å². The molecule has 1 aliphatic carbocycles. The Kier molecular flexibility index (Phi) is 6.94. The van der Waals surface area contributed by atoms with Crippen LogP contribution in [0.2, 0.25) is 0 Å². The fourth-order valence-corrected chi connectivity index (χ4v) is 3.07. The van der Waals surface area contributed by atoms with Crippen molar-refractivity contribution in [3.05, 3.63) is 47.3 Å². The van der Waals surface area contributed by atoms with Gasteiger partial charge in [-0.3, -0.25) is 0 Å². The molecule has 1 aromatic carbocycles. The van der Waals surface area contributed by atoms with Gasteiger partial charge in [-0.05, 0) is 56.7 Å². The molecular weight excluding hydrogens is 261 g/mol. The van der Waals surface area contributed by atoms with Crippen molar-refractivity contribution in [2.45, 2.75) is 64.3 Å². The van der Waals surface area contributed by atoms with E-state index in [0.29, 0.717) is 6.04 Å². The average molecular weight is 289 g/mol. The van der Waals surface area contributed by atoms with E-state index < -0.39 is 0 Å². The molecule has 21 heavy (non-hydrogen) atoms. The van der Waals surface area contributed by atoms with E-state index in [1.165, 1.54) is 37.7 Å². The molecule has 1 atom stereocenters. The molecule has 0 saturated heterocycles. The molecule has 0 spiro atoms. The first-order valence-corrected chi connectivity index (χ1v) is 8.47. The number of hydrogen-bond donors (Lipinski definition) is 1. The van der Waals surface area contributed by atoms with E-state index in [2.05, 4.69) is 18.3 Å². The predicted molar refractivity (Wildman–Crippen MR) is 88.0 cm³/mol. The van der Waals surface area contributed by atoms with Crippen LogP contribution in [0.5, 0.6) is 0 Å². The quantitative estimate of drug-likeness (QED) is 0.725. The number of nitrogens with one attached hydrogen (secondary N) is 1. The van der Waals surface area contributed by atoms with Crippen LogP contribution in [-0.2, 0) is 6.42 Å². The summed E-state index contributed by atoms with van der Waals surface area (Å²) in [5.74, 6) is -0.0766. The lowest BCUT2D eigenvalue weighted by Gasteiger charge is -2.24. The summed E-state index contributed by atoms with van der Waals surface area (Å²) in [7, 11) is 0. The molecule has 0 amide bonds. The highest BCUT2D eigenvalue weighted by molar-refractivity contribution is 5.23. The van der Waals surface area contributed by atoms with Crippen molar-refractivity contribution in [1.82, 2.24) is 5.32 Å². The van der Waals surface area contributed by atoms with Crippen LogP contribution in [0, 0.1) is 5.82 Å². The van der Waals surface area contributed by atoms with Crippen LogP contribution in [-0.4, -0.2) is 12.6 Å². The number of rotatable bonds is 6. The number of hydrogen-bond acceptors (Lipinski definition) is 1. The van der Waals surface area contributed by atoms with Crippen LogP contribution in [0.1, 0.15) is 57.4 Å². The lowest BCUT2D eigenvalue weighted by Crippen LogP contribution is -2.34. The van der Waals surface area contributed by atoms with Crippen LogP contribution in [0.15, 0.2) is 35.9 Å². The van der Waals surface area contributed by atoms with Crippen LogP contribution in [0.4, 0.5) is 4.39 Å². The molecule has 116 valence electrons. The summed E-state index contributed by atoms with van der Waals surface area (Å²) < 4.78 is 13.9. The largest absolute Gasteiger partial charge is 0.310 e. The summed E-state index contributed by atoms with van der Waals surface area (Å²) in [6, 6.07) is 7.47. The van der Waals surface area contributed by atoms with E-state index in [1.54, 1.807) is 12.1 Å². The number of benzene rings is 1. The second-order valence-corrected chi connectivity index (χ2v) is 6.03. The Morgan fingerprint density at radius 3 is 2.76 bits per heavy atom. The summed E-state index contributed by atoms with van der Waals surface area (Å²) in [5, 5.41) is 3.63. The van der Waals surface area contributed by atoms with Crippen molar-refractivity contribution >= 4 is 0 Å². The zero-order valence-electron chi connectivity index (χ0n) is 13.2. The molecule has 0 heterocycles. The Balaban J connectivity index is 2.11. The molecule has 0 bridgehead atoms. The Morgan fingerprint density at radius 1 is 1.14 bits per heavy atom. The molecule has 2 heteroatoms. The molecular formula is C19H28FN. The first-order chi connectivity index (χ1) is 10.3. The zero-order valence-corrected chi connectivity index (χ0v) is 13.2. The van der Waals surface area contributed by atoms with Gasteiger partial charge in [0.25, 0.3) is 0 Å². The molecule has 0 aromatic heterocycles. The molecule has 1 N–H and O–H groups in total. The second-order valence-electron chi connectivity index (χ2n) is 6.03. The van der Waals surface area contributed by atoms with Crippen LogP contribution in [0.3, 0.4) is 0 Å². The summed E-state index contributed by atoms with van der Waals surface area (Å²) in [4.78, 5) is 0. The molecule has 1 aromatic rings. The monoisotopic (exact) mass is 289 g/mol. The maximum atomic E-state index is 13.9. The van der Waals surface area contributed by atoms with Gasteiger partial charge in [0.2, 0.25) is 0 Å². The molecule has 0 fully saturated rings. The van der Waals surface area contributed by atoms with Gasteiger partial charge >= 0.3 is 0 Å². The van der Waals surface area contributed by atoms with E-state index in [-0.39, 0.29) is 5.82 Å². The normalized spacial score (nSPS) is 20.2. The third kappa shape index (κ3) is 5.28. The average Bonchev–Trinajstić information content (AvgIpc) is 2.45. The van der Waals surface area contributed by atoms with Gasteiger partial charge < -0.3 is 5.32 Å². The molecule has 0 saturated carbocycles. The first kappa shape index (κ1) is 16.2. The first-order valence-electron chi connectivity index (χ1n) is 8.47. The molecule has 1 aliphatic rings. The van der Waals surface area contributed by atoms with E-state index in [9.17, 15) is 4.39 Å². The maximum absolute atomic E-state index is 13.9. The highest BCUT2D eigenvalue weighted by atomic mass is 19.1. The summed E-state index contributed by atoms with van der Waals surface area (Å²) in [6.45, 7) is 3.18. The fourth-order valence-electron chi connectivity index (χ4n) is 3.07. The third-order valence-corrected chi connectivity index (χ3v) is 4.30. The molecule has 0 radical (unpaired) electrons. The molecule has 1 nitrogen and oxygen atoms in total. The van der Waals surface area contributed by atoms with E-state index >= 15 is 0 Å². The molecule has 0 aliphatic heterocycles. The lowest BCUT2D eigenvalue weighted by molar-refractivity contribution is 0.511. The van der Waals surface area contributed by atoms with E-state index in [1.807, 2.05) is 12.1 Å². The van der Waals surface area contributed by atoms with Crippen molar-refractivity contribution in [1.29, 1.82) is 0 Å². The highest BCUT2D eigenvalue weighted by Crippen LogP contribution is 2.22. The zero-order chi connectivity index (χ0) is 14.9. The minimum absolute atomic E-state index is 0.0766. The standard InChI is InChI=1S/C19H28FN/c1-2-14-21-19(15-17-12-8-9-13-18(17)20)16-10-6-4-3-5-7-11-16/h8-10,12-13,19,21H,2-7,11,14-15H2,1H3/b16-10+. The van der Waals surface area contributed by atoms with Crippen LogP contribution >= 0.6 is 0 Å². The van der Waals surface area contributed by atoms with E-state index in [0.717, 1.165) is 31.4 Å². The van der Waals surface area contributed by atoms with Crippen molar-refractivity contribution in [3.8, 4) is 0 Å². The minimum atomic E-state index is -0.0766.